The summed E-state index contributed by atoms with van der Waals surface area (Å²) in [5.41, 5.74) is 3.17. The van der Waals surface area contributed by atoms with Gasteiger partial charge in [-0.05, 0) is 48.9 Å². The maximum atomic E-state index is 13.2. The molecule has 0 spiro atoms. The highest BCUT2D eigenvalue weighted by Crippen LogP contribution is 2.27. The number of rotatable bonds is 6. The molecule has 1 heterocycles. The van der Waals surface area contributed by atoms with Crippen LogP contribution in [0, 0.1) is 5.82 Å². The van der Waals surface area contributed by atoms with Gasteiger partial charge in [-0.3, -0.25) is 4.68 Å². The van der Waals surface area contributed by atoms with Crippen LogP contribution < -0.4 is 0 Å². The van der Waals surface area contributed by atoms with E-state index >= 15 is 0 Å². The summed E-state index contributed by atoms with van der Waals surface area (Å²) in [5, 5.41) is 23.6. The second-order valence-electron chi connectivity index (χ2n) is 6.05. The molecule has 0 fully saturated rings. The number of aromatic carboxylic acids is 1. The topological polar surface area (TPSA) is 75.3 Å². The Labute approximate surface area is 150 Å². The molecule has 6 heteroatoms. The molecular formula is C20H19FN2O3. The standard InChI is InChI=1S/C20H19FN2O3/c1-2-17(24)12-23-19(14-7-9-16(21)10-8-14)11-18(22-23)13-3-5-15(6-4-13)20(25)26/h3-11,17,24H,2,12H2,1H3,(H,25,26)/t17-/m0/s1. The van der Waals surface area contributed by atoms with Gasteiger partial charge in [0.05, 0.1) is 29.6 Å². The highest BCUT2D eigenvalue weighted by Gasteiger charge is 2.14. The van der Waals surface area contributed by atoms with Gasteiger partial charge in [0.25, 0.3) is 0 Å². The molecule has 0 aliphatic heterocycles. The van der Waals surface area contributed by atoms with Gasteiger partial charge in [-0.25, -0.2) is 9.18 Å². The van der Waals surface area contributed by atoms with E-state index in [-0.39, 0.29) is 11.4 Å². The Bertz CT molecular complexity index is 902. The molecule has 3 rings (SSSR count). The number of benzene rings is 2. The minimum atomic E-state index is -0.986. The number of hydrogen-bond donors (Lipinski definition) is 2. The minimum absolute atomic E-state index is 0.202. The van der Waals surface area contributed by atoms with Gasteiger partial charge in [-0.2, -0.15) is 5.10 Å². The molecule has 0 aliphatic rings. The zero-order valence-corrected chi connectivity index (χ0v) is 14.3. The Morgan fingerprint density at radius 3 is 2.31 bits per heavy atom. The molecule has 0 aliphatic carbocycles. The predicted octanol–water partition coefficient (Wildman–Crippen LogP) is 3.83. The van der Waals surface area contributed by atoms with Gasteiger partial charge in [0.1, 0.15) is 5.82 Å². The number of nitrogens with zero attached hydrogens (tertiary/aromatic N) is 2. The molecule has 134 valence electrons. The first kappa shape index (κ1) is 17.8. The summed E-state index contributed by atoms with van der Waals surface area (Å²) in [4.78, 5) is 11.0. The number of aliphatic hydroxyl groups excluding tert-OH is 1. The Morgan fingerprint density at radius 1 is 1.12 bits per heavy atom. The van der Waals surface area contributed by atoms with Crippen molar-refractivity contribution in [2.24, 2.45) is 0 Å². The van der Waals surface area contributed by atoms with E-state index in [0.717, 1.165) is 16.8 Å². The smallest absolute Gasteiger partial charge is 0.335 e. The maximum absolute atomic E-state index is 13.2. The van der Waals surface area contributed by atoms with Gasteiger partial charge in [0.2, 0.25) is 0 Å². The first-order chi connectivity index (χ1) is 12.5. The van der Waals surface area contributed by atoms with Crippen LogP contribution in [0.2, 0.25) is 0 Å². The summed E-state index contributed by atoms with van der Waals surface area (Å²) in [6.45, 7) is 2.20. The number of carboxylic acid groups (broad SMARTS) is 1. The van der Waals surface area contributed by atoms with Gasteiger partial charge < -0.3 is 10.2 Å². The first-order valence-corrected chi connectivity index (χ1v) is 8.33. The predicted molar refractivity (Wildman–Crippen MR) is 96.3 cm³/mol. The van der Waals surface area contributed by atoms with E-state index in [1.165, 1.54) is 24.3 Å². The van der Waals surface area contributed by atoms with E-state index in [4.69, 9.17) is 5.11 Å². The average Bonchev–Trinajstić information content (AvgIpc) is 3.06. The van der Waals surface area contributed by atoms with Gasteiger partial charge in [0, 0.05) is 11.1 Å². The zero-order valence-electron chi connectivity index (χ0n) is 14.3. The third-order valence-corrected chi connectivity index (χ3v) is 4.20. The van der Waals surface area contributed by atoms with Crippen molar-refractivity contribution in [3.05, 3.63) is 66.0 Å². The molecule has 0 radical (unpaired) electrons. The summed E-state index contributed by atoms with van der Waals surface area (Å²) in [6.07, 6.45) is 0.0436. The lowest BCUT2D eigenvalue weighted by Crippen LogP contribution is -2.16. The van der Waals surface area contributed by atoms with E-state index in [9.17, 15) is 14.3 Å². The van der Waals surface area contributed by atoms with Crippen molar-refractivity contribution in [3.8, 4) is 22.5 Å². The lowest BCUT2D eigenvalue weighted by molar-refractivity contribution is 0.0697. The molecule has 0 bridgehead atoms. The van der Waals surface area contributed by atoms with Crippen molar-refractivity contribution in [1.82, 2.24) is 9.78 Å². The number of halogens is 1. The van der Waals surface area contributed by atoms with E-state index in [1.54, 1.807) is 28.9 Å². The normalized spacial score (nSPS) is 12.1. The fourth-order valence-electron chi connectivity index (χ4n) is 2.66. The molecule has 2 N–H and O–H groups in total. The second-order valence-corrected chi connectivity index (χ2v) is 6.05. The highest BCUT2D eigenvalue weighted by atomic mass is 19.1. The van der Waals surface area contributed by atoms with Crippen LogP contribution in [0.3, 0.4) is 0 Å². The molecule has 2 aromatic carbocycles. The lowest BCUT2D eigenvalue weighted by atomic mass is 10.1. The monoisotopic (exact) mass is 354 g/mol. The molecule has 0 saturated carbocycles. The van der Waals surface area contributed by atoms with Crippen LogP contribution in [0.1, 0.15) is 23.7 Å². The SMILES string of the molecule is CC[C@H](O)Cn1nc(-c2ccc(C(=O)O)cc2)cc1-c1ccc(F)cc1. The van der Waals surface area contributed by atoms with E-state index in [2.05, 4.69) is 5.10 Å². The van der Waals surface area contributed by atoms with Gasteiger partial charge in [-0.1, -0.05) is 19.1 Å². The lowest BCUT2D eigenvalue weighted by Gasteiger charge is -2.11. The largest absolute Gasteiger partial charge is 0.478 e. The summed E-state index contributed by atoms with van der Waals surface area (Å²) in [7, 11) is 0. The van der Waals surface area contributed by atoms with Crippen molar-refractivity contribution < 1.29 is 19.4 Å². The minimum Gasteiger partial charge on any atom is -0.478 e. The van der Waals surface area contributed by atoms with Crippen LogP contribution in [-0.2, 0) is 6.54 Å². The fourth-order valence-corrected chi connectivity index (χ4v) is 2.66. The van der Waals surface area contributed by atoms with Crippen LogP contribution in [0.15, 0.2) is 54.6 Å². The summed E-state index contributed by atoms with van der Waals surface area (Å²) < 4.78 is 14.9. The molecular weight excluding hydrogens is 335 g/mol. The van der Waals surface area contributed by atoms with Crippen molar-refractivity contribution >= 4 is 5.97 Å². The molecule has 5 nitrogen and oxygen atoms in total. The number of carbonyl (C=O) groups is 1. The van der Waals surface area contributed by atoms with Gasteiger partial charge >= 0.3 is 5.97 Å². The number of aliphatic hydroxyl groups is 1. The average molecular weight is 354 g/mol. The zero-order chi connectivity index (χ0) is 18.7. The Kier molecular flexibility index (Phi) is 5.14. The van der Waals surface area contributed by atoms with Crippen LogP contribution in [0.4, 0.5) is 4.39 Å². The molecule has 26 heavy (non-hydrogen) atoms. The van der Waals surface area contributed by atoms with Crippen molar-refractivity contribution in [2.75, 3.05) is 0 Å². The molecule has 0 unspecified atom stereocenters. The van der Waals surface area contributed by atoms with Crippen LogP contribution >= 0.6 is 0 Å². The Balaban J connectivity index is 2.02. The quantitative estimate of drug-likeness (QED) is 0.705. The fraction of sp³-hybridized carbons (Fsp3) is 0.200. The van der Waals surface area contributed by atoms with Crippen LogP contribution in [0.25, 0.3) is 22.5 Å². The Morgan fingerprint density at radius 2 is 1.73 bits per heavy atom. The third-order valence-electron chi connectivity index (χ3n) is 4.20. The van der Waals surface area contributed by atoms with Crippen molar-refractivity contribution in [2.45, 2.75) is 26.0 Å². The number of aromatic nitrogens is 2. The highest BCUT2D eigenvalue weighted by molar-refractivity contribution is 5.88. The van der Waals surface area contributed by atoms with E-state index < -0.39 is 12.1 Å². The second kappa shape index (κ2) is 7.49. The summed E-state index contributed by atoms with van der Waals surface area (Å²) >= 11 is 0. The van der Waals surface area contributed by atoms with Crippen molar-refractivity contribution in [1.29, 1.82) is 0 Å². The summed E-state index contributed by atoms with van der Waals surface area (Å²) in [6, 6.07) is 14.4. The molecule has 1 aromatic heterocycles. The van der Waals surface area contributed by atoms with E-state index in [1.807, 2.05) is 13.0 Å². The molecule has 0 saturated heterocycles. The van der Waals surface area contributed by atoms with Gasteiger partial charge in [0.15, 0.2) is 0 Å². The molecule has 1 atom stereocenters. The summed E-state index contributed by atoms with van der Waals surface area (Å²) in [5.74, 6) is -1.31. The number of carboxylic acids is 1. The van der Waals surface area contributed by atoms with Crippen LogP contribution in [0.5, 0.6) is 0 Å². The molecule has 3 aromatic rings. The van der Waals surface area contributed by atoms with Crippen molar-refractivity contribution in [3.63, 3.8) is 0 Å². The van der Waals surface area contributed by atoms with Gasteiger partial charge in [-0.15, -0.1) is 0 Å². The number of hydrogen-bond acceptors (Lipinski definition) is 3. The van der Waals surface area contributed by atoms with E-state index in [0.29, 0.717) is 18.7 Å². The molecule has 0 amide bonds. The first-order valence-electron chi connectivity index (χ1n) is 8.33. The maximum Gasteiger partial charge on any atom is 0.335 e. The van der Waals surface area contributed by atoms with Crippen LogP contribution in [-0.4, -0.2) is 32.1 Å². The Hall–Kier alpha value is -2.99. The third kappa shape index (κ3) is 3.81.